The normalized spacial score (nSPS) is 14.5. The van der Waals surface area contributed by atoms with Crippen molar-refractivity contribution in [1.82, 2.24) is 9.78 Å². The van der Waals surface area contributed by atoms with Gasteiger partial charge in [-0.1, -0.05) is 0 Å². The largest absolute Gasteiger partial charge is 0.295 e. The number of H-pyrrole nitrogens is 1. The van der Waals surface area contributed by atoms with Gasteiger partial charge in [-0.05, 0) is 25.7 Å². The van der Waals surface area contributed by atoms with E-state index in [2.05, 4.69) is 5.10 Å². The molecule has 1 N–H and O–H groups in total. The van der Waals surface area contributed by atoms with Crippen LogP contribution in [-0.2, 0) is 12.8 Å². The summed E-state index contributed by atoms with van der Waals surface area (Å²) in [7, 11) is 0. The van der Waals surface area contributed by atoms with E-state index in [1.54, 1.807) is 0 Å². The molecule has 6 heteroatoms. The van der Waals surface area contributed by atoms with Gasteiger partial charge < -0.3 is 0 Å². The van der Waals surface area contributed by atoms with Crippen LogP contribution < -0.4 is 5.56 Å². The molecule has 0 atom stereocenters. The lowest BCUT2D eigenvalue weighted by Gasteiger charge is -2.07. The van der Waals surface area contributed by atoms with E-state index in [1.807, 2.05) is 0 Å². The quantitative estimate of drug-likeness (QED) is 0.793. The number of benzene rings is 1. The Hall–Kier alpha value is -1.98. The molecule has 1 heterocycles. The molecule has 3 rings (SSSR count). The first-order valence-corrected chi connectivity index (χ1v) is 6.05. The number of hydrogen-bond acceptors (Lipinski definition) is 1. The van der Waals surface area contributed by atoms with Gasteiger partial charge in [-0.3, -0.25) is 9.89 Å². The SMILES string of the molecule is O=c1c2c([nH]n1-c1cc(F)c(F)cc1F)CCCC2. The summed E-state index contributed by atoms with van der Waals surface area (Å²) < 4.78 is 40.7. The van der Waals surface area contributed by atoms with Gasteiger partial charge in [0.1, 0.15) is 5.69 Å². The molecule has 0 saturated heterocycles. The van der Waals surface area contributed by atoms with Crippen molar-refractivity contribution in [3.63, 3.8) is 0 Å². The summed E-state index contributed by atoms with van der Waals surface area (Å²) in [4.78, 5) is 12.1. The van der Waals surface area contributed by atoms with Crippen molar-refractivity contribution >= 4 is 0 Å². The van der Waals surface area contributed by atoms with Crippen LogP contribution in [0.25, 0.3) is 5.69 Å². The van der Waals surface area contributed by atoms with Gasteiger partial charge in [-0.2, -0.15) is 0 Å². The fourth-order valence-electron chi connectivity index (χ4n) is 2.44. The highest BCUT2D eigenvalue weighted by atomic mass is 19.2. The van der Waals surface area contributed by atoms with Crippen LogP contribution >= 0.6 is 0 Å². The van der Waals surface area contributed by atoms with Gasteiger partial charge in [-0.15, -0.1) is 0 Å². The zero-order chi connectivity index (χ0) is 13.6. The minimum Gasteiger partial charge on any atom is -0.295 e. The maximum atomic E-state index is 13.7. The van der Waals surface area contributed by atoms with E-state index in [-0.39, 0.29) is 11.2 Å². The third-order valence-corrected chi connectivity index (χ3v) is 3.41. The van der Waals surface area contributed by atoms with E-state index in [9.17, 15) is 18.0 Å². The summed E-state index contributed by atoms with van der Waals surface area (Å²) in [6.45, 7) is 0. The molecule has 0 amide bonds. The molecule has 0 spiro atoms. The Morgan fingerprint density at radius 3 is 2.42 bits per heavy atom. The third-order valence-electron chi connectivity index (χ3n) is 3.41. The number of hydrogen-bond donors (Lipinski definition) is 1. The topological polar surface area (TPSA) is 37.8 Å². The third kappa shape index (κ3) is 1.87. The molecule has 0 saturated carbocycles. The van der Waals surface area contributed by atoms with Crippen molar-refractivity contribution in [2.24, 2.45) is 0 Å². The Morgan fingerprint density at radius 1 is 1.00 bits per heavy atom. The van der Waals surface area contributed by atoms with Crippen LogP contribution in [0.2, 0.25) is 0 Å². The molecule has 0 bridgehead atoms. The van der Waals surface area contributed by atoms with Crippen LogP contribution in [0.15, 0.2) is 16.9 Å². The van der Waals surface area contributed by atoms with Crippen LogP contribution in [-0.4, -0.2) is 9.78 Å². The summed E-state index contributed by atoms with van der Waals surface area (Å²) in [5, 5.41) is 2.78. The molecular weight excluding hydrogens is 257 g/mol. The van der Waals surface area contributed by atoms with Crippen molar-refractivity contribution in [3.05, 3.63) is 51.2 Å². The predicted molar refractivity (Wildman–Crippen MR) is 62.9 cm³/mol. The van der Waals surface area contributed by atoms with Crippen molar-refractivity contribution in [2.45, 2.75) is 25.7 Å². The van der Waals surface area contributed by atoms with Crippen LogP contribution in [0.5, 0.6) is 0 Å². The Labute approximate surface area is 106 Å². The molecule has 0 radical (unpaired) electrons. The van der Waals surface area contributed by atoms with Gasteiger partial charge in [-0.25, -0.2) is 17.9 Å². The Bertz CT molecular complexity index is 703. The highest BCUT2D eigenvalue weighted by Gasteiger charge is 2.20. The van der Waals surface area contributed by atoms with Crippen LogP contribution in [0.3, 0.4) is 0 Å². The second-order valence-electron chi connectivity index (χ2n) is 4.63. The van der Waals surface area contributed by atoms with E-state index < -0.39 is 17.5 Å². The second-order valence-corrected chi connectivity index (χ2v) is 4.63. The summed E-state index contributed by atoms with van der Waals surface area (Å²) in [5.41, 5.74) is 0.675. The first-order valence-electron chi connectivity index (χ1n) is 6.05. The van der Waals surface area contributed by atoms with Crippen molar-refractivity contribution in [2.75, 3.05) is 0 Å². The number of rotatable bonds is 1. The van der Waals surface area contributed by atoms with E-state index in [1.165, 1.54) is 0 Å². The number of nitrogens with one attached hydrogen (secondary N) is 1. The lowest BCUT2D eigenvalue weighted by Crippen LogP contribution is -2.19. The molecule has 1 aliphatic rings. The highest BCUT2D eigenvalue weighted by Crippen LogP contribution is 2.20. The van der Waals surface area contributed by atoms with Crippen molar-refractivity contribution in [3.8, 4) is 5.69 Å². The average molecular weight is 268 g/mol. The fourth-order valence-corrected chi connectivity index (χ4v) is 2.44. The molecule has 19 heavy (non-hydrogen) atoms. The van der Waals surface area contributed by atoms with Gasteiger partial charge in [0.05, 0.1) is 0 Å². The molecule has 1 aromatic carbocycles. The van der Waals surface area contributed by atoms with Crippen molar-refractivity contribution < 1.29 is 13.2 Å². The number of aromatic nitrogens is 2. The van der Waals surface area contributed by atoms with Gasteiger partial charge in [0, 0.05) is 23.4 Å². The number of nitrogens with zero attached hydrogens (tertiary/aromatic N) is 1. The van der Waals surface area contributed by atoms with Crippen LogP contribution in [0, 0.1) is 17.5 Å². The van der Waals surface area contributed by atoms with E-state index in [0.717, 1.165) is 23.2 Å². The molecule has 0 aliphatic heterocycles. The fraction of sp³-hybridized carbons (Fsp3) is 0.308. The smallest absolute Gasteiger partial charge is 0.274 e. The maximum Gasteiger partial charge on any atom is 0.274 e. The molecule has 0 unspecified atom stereocenters. The van der Waals surface area contributed by atoms with Gasteiger partial charge >= 0.3 is 0 Å². The monoisotopic (exact) mass is 268 g/mol. The van der Waals surface area contributed by atoms with E-state index in [4.69, 9.17) is 0 Å². The minimum absolute atomic E-state index is 0.293. The zero-order valence-electron chi connectivity index (χ0n) is 9.97. The molecule has 0 fully saturated rings. The maximum absolute atomic E-state index is 13.7. The minimum atomic E-state index is -1.27. The molecule has 2 aromatic rings. The Balaban J connectivity index is 2.20. The summed E-state index contributed by atoms with van der Waals surface area (Å²) in [6.07, 6.45) is 3.19. The molecule has 1 aromatic heterocycles. The number of fused-ring (bicyclic) bond motifs is 1. The van der Waals surface area contributed by atoms with Crippen LogP contribution in [0.4, 0.5) is 13.2 Å². The zero-order valence-corrected chi connectivity index (χ0v) is 9.97. The standard InChI is InChI=1S/C13H11F3N2O/c14-8-5-10(16)12(6-9(8)15)18-13(19)7-3-1-2-4-11(7)17-18/h5-6,17H,1-4H2. The summed E-state index contributed by atoms with van der Waals surface area (Å²) >= 11 is 0. The van der Waals surface area contributed by atoms with Gasteiger partial charge in [0.2, 0.25) is 0 Å². The highest BCUT2D eigenvalue weighted by molar-refractivity contribution is 5.36. The summed E-state index contributed by atoms with van der Waals surface area (Å²) in [5.74, 6) is -3.43. The van der Waals surface area contributed by atoms with E-state index >= 15 is 0 Å². The van der Waals surface area contributed by atoms with Gasteiger partial charge in [0.25, 0.3) is 5.56 Å². The number of halogens is 3. The van der Waals surface area contributed by atoms with E-state index in [0.29, 0.717) is 30.5 Å². The first-order chi connectivity index (χ1) is 9.08. The molecule has 1 aliphatic carbocycles. The lowest BCUT2D eigenvalue weighted by atomic mass is 9.98. The number of aromatic amines is 1. The molecule has 3 nitrogen and oxygen atoms in total. The average Bonchev–Trinajstić information content (AvgIpc) is 2.72. The van der Waals surface area contributed by atoms with Crippen LogP contribution in [0.1, 0.15) is 24.1 Å². The van der Waals surface area contributed by atoms with Gasteiger partial charge in [0.15, 0.2) is 17.5 Å². The molecular formula is C13H11F3N2O. The summed E-state index contributed by atoms with van der Waals surface area (Å²) in [6, 6.07) is 1.13. The first kappa shape index (κ1) is 12.1. The second kappa shape index (κ2) is 4.29. The molecule has 100 valence electrons. The Kier molecular flexibility index (Phi) is 2.73. The Morgan fingerprint density at radius 2 is 1.68 bits per heavy atom. The lowest BCUT2D eigenvalue weighted by molar-refractivity contribution is 0.491. The van der Waals surface area contributed by atoms with Crippen molar-refractivity contribution in [1.29, 1.82) is 0 Å². The number of aryl methyl sites for hydroxylation is 1. The predicted octanol–water partition coefficient (Wildman–Crippen LogP) is 2.46.